The highest BCUT2D eigenvalue weighted by atomic mass is 79.9. The van der Waals surface area contributed by atoms with Gasteiger partial charge in [0.1, 0.15) is 11.8 Å². The second-order valence-corrected chi connectivity index (χ2v) is 7.64. The maximum atomic E-state index is 12.9. The Hall–Kier alpha value is -2.05. The molecule has 28 heavy (non-hydrogen) atoms. The summed E-state index contributed by atoms with van der Waals surface area (Å²) in [5.41, 5.74) is 1.78. The fourth-order valence-electron chi connectivity index (χ4n) is 2.65. The van der Waals surface area contributed by atoms with Crippen LogP contribution in [0.1, 0.15) is 25.0 Å². The van der Waals surface area contributed by atoms with E-state index in [2.05, 4.69) is 21.2 Å². The molecule has 0 aromatic heterocycles. The molecule has 2 rings (SSSR count). The van der Waals surface area contributed by atoms with Crippen LogP contribution in [0.15, 0.2) is 46.9 Å². The maximum absolute atomic E-state index is 12.9. The molecule has 0 heterocycles. The molecule has 150 valence electrons. The van der Waals surface area contributed by atoms with Gasteiger partial charge < -0.3 is 15.0 Å². The van der Waals surface area contributed by atoms with Crippen molar-refractivity contribution in [3.63, 3.8) is 0 Å². The minimum atomic E-state index is -0.654. The molecule has 2 amide bonds. The van der Waals surface area contributed by atoms with Crippen molar-refractivity contribution < 1.29 is 14.3 Å². The van der Waals surface area contributed by atoms with Gasteiger partial charge in [0.25, 0.3) is 5.91 Å². The Morgan fingerprint density at radius 2 is 1.96 bits per heavy atom. The van der Waals surface area contributed by atoms with Crippen molar-refractivity contribution in [1.82, 2.24) is 10.2 Å². The molecular weight excluding hydrogens is 444 g/mol. The normalized spacial score (nSPS) is 11.6. The van der Waals surface area contributed by atoms with Crippen LogP contribution in [-0.2, 0) is 16.1 Å². The van der Waals surface area contributed by atoms with Crippen molar-refractivity contribution in [2.45, 2.75) is 33.4 Å². The second-order valence-electron chi connectivity index (χ2n) is 6.38. The molecule has 5 nitrogen and oxygen atoms in total. The number of nitrogens with zero attached hydrogens (tertiary/aromatic N) is 1. The number of halogens is 2. The molecule has 7 heteroatoms. The van der Waals surface area contributed by atoms with Crippen LogP contribution in [0.5, 0.6) is 5.75 Å². The van der Waals surface area contributed by atoms with Gasteiger partial charge in [-0.25, -0.2) is 0 Å². The number of hydrogen-bond acceptors (Lipinski definition) is 3. The smallest absolute Gasteiger partial charge is 0.261 e. The van der Waals surface area contributed by atoms with E-state index in [0.29, 0.717) is 17.3 Å². The molecule has 0 fully saturated rings. The van der Waals surface area contributed by atoms with Crippen LogP contribution in [-0.4, -0.2) is 35.9 Å². The monoisotopic (exact) mass is 466 g/mol. The summed E-state index contributed by atoms with van der Waals surface area (Å²) in [6, 6.07) is 12.1. The summed E-state index contributed by atoms with van der Waals surface area (Å²) in [4.78, 5) is 26.7. The fraction of sp³-hybridized carbons (Fsp3) is 0.333. The standard InChI is InChI=1S/C21H24BrClN2O3/c1-4-24-21(27)15(3)25(12-16-7-5-6-8-19(16)23)20(26)13-28-17-9-10-18(22)14(2)11-17/h5-11,15H,4,12-13H2,1-3H3,(H,24,27)/t15-/m1/s1. The molecule has 2 aromatic carbocycles. The Bertz CT molecular complexity index is 844. The summed E-state index contributed by atoms with van der Waals surface area (Å²) < 4.78 is 6.63. The molecule has 0 aliphatic rings. The molecular formula is C21H24BrClN2O3. The number of benzene rings is 2. The van der Waals surface area contributed by atoms with Crippen LogP contribution >= 0.6 is 27.5 Å². The number of aryl methyl sites for hydroxylation is 1. The Labute approximate surface area is 179 Å². The summed E-state index contributed by atoms with van der Waals surface area (Å²) in [7, 11) is 0. The third-order valence-electron chi connectivity index (χ3n) is 4.31. The van der Waals surface area contributed by atoms with Gasteiger partial charge in [-0.2, -0.15) is 0 Å². The first-order valence-electron chi connectivity index (χ1n) is 9.03. The molecule has 0 aliphatic carbocycles. The Morgan fingerprint density at radius 1 is 1.25 bits per heavy atom. The molecule has 1 atom stereocenters. The van der Waals surface area contributed by atoms with Crippen LogP contribution in [0.2, 0.25) is 5.02 Å². The lowest BCUT2D eigenvalue weighted by molar-refractivity contribution is -0.142. The van der Waals surface area contributed by atoms with Gasteiger partial charge in [0, 0.05) is 22.6 Å². The SMILES string of the molecule is CCNC(=O)[C@@H](C)N(Cc1ccccc1Cl)C(=O)COc1ccc(Br)c(C)c1. The van der Waals surface area contributed by atoms with Crippen molar-refractivity contribution in [2.24, 2.45) is 0 Å². The number of carbonyl (C=O) groups excluding carboxylic acids is 2. The Balaban J connectivity index is 2.16. The van der Waals surface area contributed by atoms with Crippen molar-refractivity contribution >= 4 is 39.3 Å². The van der Waals surface area contributed by atoms with Crippen molar-refractivity contribution in [2.75, 3.05) is 13.2 Å². The van der Waals surface area contributed by atoms with E-state index >= 15 is 0 Å². The quantitative estimate of drug-likeness (QED) is 0.628. The highest BCUT2D eigenvalue weighted by Crippen LogP contribution is 2.22. The van der Waals surface area contributed by atoms with E-state index < -0.39 is 6.04 Å². The zero-order chi connectivity index (χ0) is 20.7. The lowest BCUT2D eigenvalue weighted by Gasteiger charge is -2.29. The molecule has 0 unspecified atom stereocenters. The Kier molecular flexibility index (Phi) is 8.33. The number of likely N-dealkylation sites (N-methyl/N-ethyl adjacent to an activating group) is 1. The van der Waals surface area contributed by atoms with Crippen LogP contribution in [0.25, 0.3) is 0 Å². The van der Waals surface area contributed by atoms with Gasteiger partial charge in [0.05, 0.1) is 0 Å². The van der Waals surface area contributed by atoms with E-state index in [-0.39, 0.29) is 25.0 Å². The van der Waals surface area contributed by atoms with E-state index in [4.69, 9.17) is 16.3 Å². The van der Waals surface area contributed by atoms with Crippen LogP contribution < -0.4 is 10.1 Å². The number of rotatable bonds is 8. The minimum Gasteiger partial charge on any atom is -0.484 e. The number of hydrogen-bond donors (Lipinski definition) is 1. The number of ether oxygens (including phenoxy) is 1. The molecule has 2 aromatic rings. The predicted molar refractivity (Wildman–Crippen MR) is 115 cm³/mol. The van der Waals surface area contributed by atoms with Gasteiger partial charge in [-0.05, 0) is 56.2 Å². The van der Waals surface area contributed by atoms with Crippen molar-refractivity contribution in [1.29, 1.82) is 0 Å². The zero-order valence-corrected chi connectivity index (χ0v) is 18.5. The highest BCUT2D eigenvalue weighted by molar-refractivity contribution is 9.10. The average molecular weight is 468 g/mol. The van der Waals surface area contributed by atoms with Crippen molar-refractivity contribution in [3.05, 3.63) is 63.1 Å². The fourth-order valence-corrected chi connectivity index (χ4v) is 3.09. The third-order valence-corrected chi connectivity index (χ3v) is 5.57. The average Bonchev–Trinajstić information content (AvgIpc) is 2.67. The van der Waals surface area contributed by atoms with E-state index in [0.717, 1.165) is 15.6 Å². The van der Waals surface area contributed by atoms with Gasteiger partial charge in [0.15, 0.2) is 6.61 Å². The van der Waals surface area contributed by atoms with E-state index in [1.54, 1.807) is 19.1 Å². The van der Waals surface area contributed by atoms with E-state index in [1.165, 1.54) is 4.90 Å². The molecule has 0 saturated heterocycles. The first-order valence-corrected chi connectivity index (χ1v) is 10.2. The maximum Gasteiger partial charge on any atom is 0.261 e. The number of carbonyl (C=O) groups is 2. The summed E-state index contributed by atoms with van der Waals surface area (Å²) in [5.74, 6) is 0.0824. The summed E-state index contributed by atoms with van der Waals surface area (Å²) >= 11 is 9.69. The van der Waals surface area contributed by atoms with Crippen LogP contribution in [0, 0.1) is 6.92 Å². The highest BCUT2D eigenvalue weighted by Gasteiger charge is 2.26. The topological polar surface area (TPSA) is 58.6 Å². The van der Waals surface area contributed by atoms with Crippen LogP contribution in [0.3, 0.4) is 0 Å². The lowest BCUT2D eigenvalue weighted by atomic mass is 10.1. The van der Waals surface area contributed by atoms with Crippen LogP contribution in [0.4, 0.5) is 0 Å². The number of nitrogens with one attached hydrogen (secondary N) is 1. The first-order chi connectivity index (χ1) is 13.3. The molecule has 0 aliphatic heterocycles. The molecule has 0 radical (unpaired) electrons. The molecule has 0 bridgehead atoms. The largest absolute Gasteiger partial charge is 0.484 e. The first kappa shape index (κ1) is 22.2. The zero-order valence-electron chi connectivity index (χ0n) is 16.2. The van der Waals surface area contributed by atoms with Gasteiger partial charge in [0.2, 0.25) is 5.91 Å². The summed E-state index contributed by atoms with van der Waals surface area (Å²) in [6.07, 6.45) is 0. The summed E-state index contributed by atoms with van der Waals surface area (Å²) in [5, 5.41) is 3.31. The van der Waals surface area contributed by atoms with E-state index in [9.17, 15) is 9.59 Å². The van der Waals surface area contributed by atoms with Gasteiger partial charge in [-0.3, -0.25) is 9.59 Å². The molecule has 1 N–H and O–H groups in total. The van der Waals surface area contributed by atoms with Gasteiger partial charge in [-0.1, -0.05) is 45.7 Å². The van der Waals surface area contributed by atoms with Crippen molar-refractivity contribution in [3.8, 4) is 5.75 Å². The Morgan fingerprint density at radius 3 is 2.61 bits per heavy atom. The second kappa shape index (κ2) is 10.5. The summed E-state index contributed by atoms with van der Waals surface area (Å²) in [6.45, 7) is 6.02. The minimum absolute atomic E-state index is 0.171. The van der Waals surface area contributed by atoms with Gasteiger partial charge in [-0.15, -0.1) is 0 Å². The predicted octanol–water partition coefficient (Wildman–Crippen LogP) is 4.34. The molecule has 0 spiro atoms. The third kappa shape index (κ3) is 5.97. The van der Waals surface area contributed by atoms with Gasteiger partial charge >= 0.3 is 0 Å². The van der Waals surface area contributed by atoms with E-state index in [1.807, 2.05) is 44.2 Å². The number of amides is 2. The molecule has 0 saturated carbocycles. The lowest BCUT2D eigenvalue weighted by Crippen LogP contribution is -2.49.